The minimum absolute atomic E-state index is 0.128. The second-order valence-electron chi connectivity index (χ2n) is 5.41. The smallest absolute Gasteiger partial charge is 0.184 e. The van der Waals surface area contributed by atoms with E-state index in [4.69, 9.17) is 11.6 Å². The molecule has 1 aromatic carbocycles. The number of halogens is 1. The zero-order chi connectivity index (χ0) is 15.1. The zero-order valence-corrected chi connectivity index (χ0v) is 13.1. The number of aromatic nitrogens is 2. The molecule has 4 heteroatoms. The Kier molecular flexibility index (Phi) is 3.38. The van der Waals surface area contributed by atoms with Gasteiger partial charge in [0.25, 0.3) is 0 Å². The first-order chi connectivity index (χ1) is 9.97. The van der Waals surface area contributed by atoms with Crippen molar-refractivity contribution >= 4 is 28.3 Å². The number of fused-ring (bicyclic) bond motifs is 1. The van der Waals surface area contributed by atoms with Gasteiger partial charge in [-0.2, -0.15) is 0 Å². The van der Waals surface area contributed by atoms with Gasteiger partial charge in [0.2, 0.25) is 0 Å². The van der Waals surface area contributed by atoms with Crippen molar-refractivity contribution in [3.63, 3.8) is 0 Å². The van der Waals surface area contributed by atoms with Gasteiger partial charge in [-0.3, -0.25) is 4.79 Å². The maximum Gasteiger partial charge on any atom is 0.184 e. The van der Waals surface area contributed by atoms with E-state index < -0.39 is 0 Å². The van der Waals surface area contributed by atoms with E-state index in [-0.39, 0.29) is 5.78 Å². The summed E-state index contributed by atoms with van der Waals surface area (Å²) in [6, 6.07) is 9.66. The highest BCUT2D eigenvalue weighted by Gasteiger charge is 2.15. The molecule has 0 aliphatic carbocycles. The number of benzene rings is 1. The van der Waals surface area contributed by atoms with Gasteiger partial charge in [-0.15, -0.1) is 0 Å². The van der Waals surface area contributed by atoms with Gasteiger partial charge in [0.15, 0.2) is 5.78 Å². The molecule has 0 aliphatic rings. The van der Waals surface area contributed by atoms with Gasteiger partial charge in [0.1, 0.15) is 0 Å². The van der Waals surface area contributed by atoms with E-state index in [0.717, 1.165) is 27.9 Å². The minimum atomic E-state index is 0.128. The van der Waals surface area contributed by atoms with Crippen molar-refractivity contribution in [2.75, 3.05) is 0 Å². The van der Waals surface area contributed by atoms with Crippen molar-refractivity contribution in [1.29, 1.82) is 0 Å². The number of carbonyl (C=O) groups is 1. The van der Waals surface area contributed by atoms with Gasteiger partial charge in [0.05, 0.1) is 6.54 Å². The minimum Gasteiger partial charge on any atom is -0.351 e. The number of hydrogen-bond donors (Lipinski definition) is 0. The number of hydrogen-bond acceptors (Lipinski definition) is 1. The highest BCUT2D eigenvalue weighted by Crippen LogP contribution is 2.21. The normalized spacial score (nSPS) is 11.2. The van der Waals surface area contributed by atoms with Crippen molar-refractivity contribution in [2.45, 2.75) is 20.4 Å². The molecule has 0 N–H and O–H groups in total. The Morgan fingerprint density at radius 2 is 1.95 bits per heavy atom. The van der Waals surface area contributed by atoms with Gasteiger partial charge < -0.3 is 9.13 Å². The molecule has 0 saturated carbocycles. The molecule has 3 aromatic rings. The second kappa shape index (κ2) is 5.08. The Balaban J connectivity index is 1.94. The standard InChI is InChI=1S/C17H17ClN2O/c1-11-8-15(12(2)19(11)3)17(21)10-20-7-6-13-9-14(18)4-5-16(13)20/h4-9H,10H2,1-3H3. The number of carbonyl (C=O) groups excluding carboxylic acids is 1. The van der Waals surface area contributed by atoms with Crippen LogP contribution in [0.2, 0.25) is 5.02 Å². The SMILES string of the molecule is Cc1cc(C(=O)Cn2ccc3cc(Cl)ccc32)c(C)n1C. The van der Waals surface area contributed by atoms with Crippen LogP contribution in [0.5, 0.6) is 0 Å². The molecule has 2 aromatic heterocycles. The lowest BCUT2D eigenvalue weighted by atomic mass is 10.1. The lowest BCUT2D eigenvalue weighted by molar-refractivity contribution is 0.0973. The summed E-state index contributed by atoms with van der Waals surface area (Å²) in [5.74, 6) is 0.128. The van der Waals surface area contributed by atoms with Crippen LogP contribution < -0.4 is 0 Å². The monoisotopic (exact) mass is 300 g/mol. The summed E-state index contributed by atoms with van der Waals surface area (Å²) < 4.78 is 4.01. The van der Waals surface area contributed by atoms with Crippen molar-refractivity contribution in [3.05, 3.63) is 58.5 Å². The summed E-state index contributed by atoms with van der Waals surface area (Å²) in [5.41, 5.74) is 3.93. The van der Waals surface area contributed by atoms with Gasteiger partial charge in [-0.05, 0) is 44.2 Å². The van der Waals surface area contributed by atoms with E-state index in [2.05, 4.69) is 0 Å². The van der Waals surface area contributed by atoms with E-state index in [0.29, 0.717) is 11.6 Å². The molecule has 3 nitrogen and oxygen atoms in total. The predicted octanol–water partition coefficient (Wildman–Crippen LogP) is 4.13. The molecule has 0 saturated heterocycles. The quantitative estimate of drug-likeness (QED) is 0.668. The van der Waals surface area contributed by atoms with Crippen LogP contribution in [0.4, 0.5) is 0 Å². The molecule has 0 unspecified atom stereocenters. The molecule has 0 radical (unpaired) electrons. The first kappa shape index (κ1) is 14.0. The van der Waals surface area contributed by atoms with Crippen LogP contribution in [0.3, 0.4) is 0 Å². The lowest BCUT2D eigenvalue weighted by Gasteiger charge is -2.06. The van der Waals surface area contributed by atoms with Crippen LogP contribution in [0.25, 0.3) is 10.9 Å². The highest BCUT2D eigenvalue weighted by molar-refractivity contribution is 6.31. The first-order valence-corrected chi connectivity index (χ1v) is 7.25. The average molecular weight is 301 g/mol. The van der Waals surface area contributed by atoms with Crippen LogP contribution in [0.15, 0.2) is 36.5 Å². The molecule has 3 rings (SSSR count). The summed E-state index contributed by atoms with van der Waals surface area (Å²) in [6.45, 7) is 4.33. The lowest BCUT2D eigenvalue weighted by Crippen LogP contribution is -2.10. The van der Waals surface area contributed by atoms with Crippen LogP contribution in [0.1, 0.15) is 21.7 Å². The summed E-state index contributed by atoms with van der Waals surface area (Å²) in [4.78, 5) is 12.5. The van der Waals surface area contributed by atoms with Crippen molar-refractivity contribution in [2.24, 2.45) is 7.05 Å². The van der Waals surface area contributed by atoms with E-state index in [1.54, 1.807) is 0 Å². The molecular formula is C17H17ClN2O. The maximum absolute atomic E-state index is 12.5. The van der Waals surface area contributed by atoms with Gasteiger partial charge in [0, 0.05) is 46.1 Å². The van der Waals surface area contributed by atoms with Crippen molar-refractivity contribution in [1.82, 2.24) is 9.13 Å². The van der Waals surface area contributed by atoms with E-state index in [1.807, 2.05) is 66.6 Å². The van der Waals surface area contributed by atoms with Crippen molar-refractivity contribution < 1.29 is 4.79 Å². The molecule has 0 bridgehead atoms. The Morgan fingerprint density at radius 1 is 1.19 bits per heavy atom. The number of ketones is 1. The fraction of sp³-hybridized carbons (Fsp3) is 0.235. The van der Waals surface area contributed by atoms with Gasteiger partial charge in [-0.25, -0.2) is 0 Å². The third-order valence-electron chi connectivity index (χ3n) is 4.12. The van der Waals surface area contributed by atoms with E-state index >= 15 is 0 Å². The predicted molar refractivity (Wildman–Crippen MR) is 86.2 cm³/mol. The Labute approximate surface area is 128 Å². The molecular weight excluding hydrogens is 284 g/mol. The maximum atomic E-state index is 12.5. The summed E-state index contributed by atoms with van der Waals surface area (Å²) in [6.07, 6.45) is 1.93. The van der Waals surface area contributed by atoms with E-state index in [1.165, 1.54) is 0 Å². The molecule has 21 heavy (non-hydrogen) atoms. The summed E-state index contributed by atoms with van der Waals surface area (Å²) in [5, 5.41) is 1.76. The van der Waals surface area contributed by atoms with Crippen LogP contribution in [-0.2, 0) is 13.6 Å². The first-order valence-electron chi connectivity index (χ1n) is 6.88. The Bertz CT molecular complexity index is 842. The largest absolute Gasteiger partial charge is 0.351 e. The fourth-order valence-corrected chi connectivity index (χ4v) is 2.87. The van der Waals surface area contributed by atoms with E-state index in [9.17, 15) is 4.79 Å². The third-order valence-corrected chi connectivity index (χ3v) is 4.36. The second-order valence-corrected chi connectivity index (χ2v) is 5.85. The summed E-state index contributed by atoms with van der Waals surface area (Å²) >= 11 is 5.99. The Morgan fingerprint density at radius 3 is 2.62 bits per heavy atom. The Hall–Kier alpha value is -2.00. The van der Waals surface area contributed by atoms with Crippen LogP contribution in [-0.4, -0.2) is 14.9 Å². The highest BCUT2D eigenvalue weighted by atomic mass is 35.5. The fourth-order valence-electron chi connectivity index (χ4n) is 2.69. The number of rotatable bonds is 3. The average Bonchev–Trinajstić information content (AvgIpc) is 2.95. The van der Waals surface area contributed by atoms with Gasteiger partial charge in [-0.1, -0.05) is 11.6 Å². The molecule has 0 fully saturated rings. The van der Waals surface area contributed by atoms with Crippen LogP contribution >= 0.6 is 11.6 Å². The van der Waals surface area contributed by atoms with Gasteiger partial charge >= 0.3 is 0 Å². The summed E-state index contributed by atoms with van der Waals surface area (Å²) in [7, 11) is 1.98. The molecule has 0 spiro atoms. The molecule has 2 heterocycles. The number of nitrogens with zero attached hydrogens (tertiary/aromatic N) is 2. The molecule has 108 valence electrons. The third kappa shape index (κ3) is 2.38. The molecule has 0 aliphatic heterocycles. The molecule has 0 atom stereocenters. The topological polar surface area (TPSA) is 26.9 Å². The number of aryl methyl sites for hydroxylation is 1. The zero-order valence-electron chi connectivity index (χ0n) is 12.4. The van der Waals surface area contributed by atoms with Crippen molar-refractivity contribution in [3.8, 4) is 0 Å². The number of Topliss-reactive ketones (excluding diaryl/α,β-unsaturated/α-hetero) is 1. The van der Waals surface area contributed by atoms with Crippen LogP contribution in [0, 0.1) is 13.8 Å². The molecule has 0 amide bonds.